The second-order valence-electron chi connectivity index (χ2n) is 6.39. The molecule has 0 aliphatic heterocycles. The third kappa shape index (κ3) is 2.88. The molecule has 0 bridgehead atoms. The summed E-state index contributed by atoms with van der Waals surface area (Å²) in [5.74, 6) is 0.676. The molecule has 1 amide bonds. The lowest BCUT2D eigenvalue weighted by Gasteiger charge is -2.17. The van der Waals surface area contributed by atoms with E-state index in [0.29, 0.717) is 19.0 Å². The number of para-hydroxylation sites is 1. The highest BCUT2D eigenvalue weighted by molar-refractivity contribution is 5.86. The number of carbonyl (C=O) groups excluding carboxylic acids is 1. The number of nitrogens with two attached hydrogens (primary N) is 1. The summed E-state index contributed by atoms with van der Waals surface area (Å²) in [4.78, 5) is 15.6. The Bertz CT molecular complexity index is 661. The molecule has 1 saturated carbocycles. The van der Waals surface area contributed by atoms with Gasteiger partial charge in [0.25, 0.3) is 0 Å². The number of aromatic nitrogens is 1. The van der Waals surface area contributed by atoms with Crippen LogP contribution < -0.4 is 11.1 Å². The Labute approximate surface area is 131 Å². The Morgan fingerprint density at radius 3 is 3.09 bits per heavy atom. The summed E-state index contributed by atoms with van der Waals surface area (Å²) in [7, 11) is 0. The van der Waals surface area contributed by atoms with Crippen LogP contribution in [0.1, 0.15) is 30.4 Å². The molecule has 2 aromatic rings. The maximum Gasteiger partial charge on any atom is 0.223 e. The van der Waals surface area contributed by atoms with Gasteiger partial charge < -0.3 is 16.0 Å². The van der Waals surface area contributed by atoms with Gasteiger partial charge in [-0.05, 0) is 49.8 Å². The quantitative estimate of drug-likeness (QED) is 0.794. The number of fused-ring (bicyclic) bond motifs is 1. The van der Waals surface area contributed by atoms with Crippen LogP contribution in [0.4, 0.5) is 0 Å². The fourth-order valence-electron chi connectivity index (χ4n) is 3.69. The molecule has 2 atom stereocenters. The highest BCUT2D eigenvalue weighted by Gasteiger charge is 2.31. The predicted molar refractivity (Wildman–Crippen MR) is 89.6 cm³/mol. The lowest BCUT2D eigenvalue weighted by Crippen LogP contribution is -2.36. The van der Waals surface area contributed by atoms with Gasteiger partial charge in [-0.2, -0.15) is 0 Å². The molecule has 1 aliphatic carbocycles. The van der Waals surface area contributed by atoms with Crippen LogP contribution in [0.3, 0.4) is 0 Å². The topological polar surface area (TPSA) is 70.9 Å². The van der Waals surface area contributed by atoms with Crippen molar-refractivity contribution < 1.29 is 4.79 Å². The molecule has 0 unspecified atom stereocenters. The molecule has 22 heavy (non-hydrogen) atoms. The van der Waals surface area contributed by atoms with Crippen molar-refractivity contribution in [1.82, 2.24) is 10.3 Å². The van der Waals surface area contributed by atoms with E-state index in [2.05, 4.69) is 41.6 Å². The van der Waals surface area contributed by atoms with Crippen LogP contribution in [-0.2, 0) is 11.2 Å². The van der Waals surface area contributed by atoms with Crippen molar-refractivity contribution in [1.29, 1.82) is 0 Å². The number of benzene rings is 1. The van der Waals surface area contributed by atoms with Gasteiger partial charge in [0.05, 0.1) is 0 Å². The normalized spacial score (nSPS) is 21.4. The van der Waals surface area contributed by atoms with Gasteiger partial charge in [-0.25, -0.2) is 0 Å². The maximum absolute atomic E-state index is 12.3. The number of aromatic amines is 1. The summed E-state index contributed by atoms with van der Waals surface area (Å²) in [5.41, 5.74) is 9.48. The number of amides is 1. The van der Waals surface area contributed by atoms with E-state index < -0.39 is 0 Å². The zero-order valence-corrected chi connectivity index (χ0v) is 13.2. The van der Waals surface area contributed by atoms with Crippen molar-refractivity contribution in [3.8, 4) is 0 Å². The first-order valence-corrected chi connectivity index (χ1v) is 8.24. The van der Waals surface area contributed by atoms with Gasteiger partial charge in [-0.3, -0.25) is 4.79 Å². The van der Waals surface area contributed by atoms with E-state index in [1.165, 1.54) is 22.0 Å². The molecule has 1 aromatic heterocycles. The van der Waals surface area contributed by atoms with Gasteiger partial charge >= 0.3 is 0 Å². The van der Waals surface area contributed by atoms with Crippen molar-refractivity contribution >= 4 is 16.8 Å². The summed E-state index contributed by atoms with van der Waals surface area (Å²) in [6.45, 7) is 3.42. The lowest BCUT2D eigenvalue weighted by atomic mass is 9.95. The first-order chi connectivity index (χ1) is 10.7. The van der Waals surface area contributed by atoms with Crippen molar-refractivity contribution in [2.45, 2.75) is 32.6 Å². The number of aryl methyl sites for hydroxylation is 1. The highest BCUT2D eigenvalue weighted by Crippen LogP contribution is 2.31. The number of rotatable bonds is 5. The fraction of sp³-hybridized carbons (Fsp3) is 0.500. The first-order valence-electron chi connectivity index (χ1n) is 8.24. The standard InChI is InChI=1S/C18H25N3O/c1-12-4-2-6-15-14(11-21-17(12)15)8-9-20-18(22)16-7-3-5-13(16)10-19/h2,4,6,11,13,16,21H,3,5,7-10,19H2,1H3,(H,20,22)/t13-,16-/m1/s1. The lowest BCUT2D eigenvalue weighted by molar-refractivity contribution is -0.125. The van der Waals surface area contributed by atoms with Gasteiger partial charge in [0.2, 0.25) is 5.91 Å². The van der Waals surface area contributed by atoms with Gasteiger partial charge in [0, 0.05) is 29.6 Å². The van der Waals surface area contributed by atoms with E-state index in [9.17, 15) is 4.79 Å². The average molecular weight is 299 g/mol. The Kier molecular flexibility index (Phi) is 4.48. The van der Waals surface area contributed by atoms with Crippen molar-refractivity contribution in [3.63, 3.8) is 0 Å². The van der Waals surface area contributed by atoms with Gasteiger partial charge in [-0.15, -0.1) is 0 Å². The zero-order chi connectivity index (χ0) is 15.5. The monoisotopic (exact) mass is 299 g/mol. The predicted octanol–water partition coefficient (Wildman–Crippen LogP) is 2.51. The molecule has 1 aromatic carbocycles. The van der Waals surface area contributed by atoms with E-state index in [-0.39, 0.29) is 11.8 Å². The third-order valence-electron chi connectivity index (χ3n) is 5.00. The zero-order valence-electron chi connectivity index (χ0n) is 13.2. The smallest absolute Gasteiger partial charge is 0.223 e. The minimum atomic E-state index is 0.121. The molecule has 4 N–H and O–H groups in total. The summed E-state index contributed by atoms with van der Waals surface area (Å²) < 4.78 is 0. The fourth-order valence-corrected chi connectivity index (χ4v) is 3.69. The molecular weight excluding hydrogens is 274 g/mol. The Balaban J connectivity index is 1.58. The highest BCUT2D eigenvalue weighted by atomic mass is 16.1. The molecule has 0 spiro atoms. The Hall–Kier alpha value is -1.81. The molecule has 1 aliphatic rings. The van der Waals surface area contributed by atoms with Crippen LogP contribution in [0.25, 0.3) is 10.9 Å². The minimum Gasteiger partial charge on any atom is -0.361 e. The second kappa shape index (κ2) is 6.53. The Morgan fingerprint density at radius 1 is 1.41 bits per heavy atom. The molecule has 1 fully saturated rings. The third-order valence-corrected chi connectivity index (χ3v) is 5.00. The van der Waals surface area contributed by atoms with E-state index in [1.807, 2.05) is 0 Å². The summed E-state index contributed by atoms with van der Waals surface area (Å²) >= 11 is 0. The number of carbonyl (C=O) groups is 1. The largest absolute Gasteiger partial charge is 0.361 e. The van der Waals surface area contributed by atoms with E-state index >= 15 is 0 Å². The van der Waals surface area contributed by atoms with Crippen molar-refractivity contribution in [2.75, 3.05) is 13.1 Å². The van der Waals surface area contributed by atoms with Crippen LogP contribution in [0.15, 0.2) is 24.4 Å². The minimum absolute atomic E-state index is 0.121. The van der Waals surface area contributed by atoms with E-state index in [4.69, 9.17) is 5.73 Å². The average Bonchev–Trinajstić information content (AvgIpc) is 3.14. The molecule has 0 radical (unpaired) electrons. The van der Waals surface area contributed by atoms with Crippen LogP contribution in [0, 0.1) is 18.8 Å². The van der Waals surface area contributed by atoms with Gasteiger partial charge in [-0.1, -0.05) is 24.6 Å². The first kappa shape index (κ1) is 15.1. The molecule has 4 heteroatoms. The van der Waals surface area contributed by atoms with Crippen LogP contribution in [0.5, 0.6) is 0 Å². The number of hydrogen-bond acceptors (Lipinski definition) is 2. The number of H-pyrrole nitrogens is 1. The maximum atomic E-state index is 12.3. The molecular formula is C18H25N3O. The SMILES string of the molecule is Cc1cccc2c(CCNC(=O)[C@@H]3CCC[C@@H]3CN)c[nH]c12. The Morgan fingerprint density at radius 2 is 2.27 bits per heavy atom. The number of nitrogens with one attached hydrogen (secondary N) is 2. The van der Waals surface area contributed by atoms with E-state index in [0.717, 1.165) is 25.7 Å². The van der Waals surface area contributed by atoms with Crippen LogP contribution >= 0.6 is 0 Å². The second-order valence-corrected chi connectivity index (χ2v) is 6.39. The van der Waals surface area contributed by atoms with Crippen molar-refractivity contribution in [3.05, 3.63) is 35.5 Å². The number of hydrogen-bond donors (Lipinski definition) is 3. The van der Waals surface area contributed by atoms with Gasteiger partial charge in [0.15, 0.2) is 0 Å². The van der Waals surface area contributed by atoms with E-state index in [1.54, 1.807) is 0 Å². The van der Waals surface area contributed by atoms with Crippen LogP contribution in [-0.4, -0.2) is 24.0 Å². The summed E-state index contributed by atoms with van der Waals surface area (Å²) in [5, 5.41) is 4.36. The summed E-state index contributed by atoms with van der Waals surface area (Å²) in [6, 6.07) is 6.33. The molecule has 1 heterocycles. The molecule has 0 saturated heterocycles. The van der Waals surface area contributed by atoms with Crippen molar-refractivity contribution in [2.24, 2.45) is 17.6 Å². The molecule has 3 rings (SSSR count). The molecule has 118 valence electrons. The van der Waals surface area contributed by atoms with Gasteiger partial charge in [0.1, 0.15) is 0 Å². The van der Waals surface area contributed by atoms with Crippen LogP contribution in [0.2, 0.25) is 0 Å². The molecule has 4 nitrogen and oxygen atoms in total. The summed E-state index contributed by atoms with van der Waals surface area (Å²) in [6.07, 6.45) is 6.12.